The minimum atomic E-state index is -0.550. The zero-order valence-electron chi connectivity index (χ0n) is 10.4. The van der Waals surface area contributed by atoms with E-state index in [-0.39, 0.29) is 29.2 Å². The lowest BCUT2D eigenvalue weighted by molar-refractivity contribution is 0.0641. The molecule has 0 saturated carbocycles. The molecule has 2 amide bonds. The quantitative estimate of drug-likeness (QED) is 0.816. The molecule has 0 spiro atoms. The molecule has 2 aromatic rings. The third-order valence-electron chi connectivity index (χ3n) is 3.22. The molecule has 0 saturated heterocycles. The van der Waals surface area contributed by atoms with E-state index >= 15 is 0 Å². The van der Waals surface area contributed by atoms with E-state index in [0.29, 0.717) is 0 Å². The summed E-state index contributed by atoms with van der Waals surface area (Å²) in [7, 11) is 0. The van der Waals surface area contributed by atoms with Gasteiger partial charge < -0.3 is 10.2 Å². The minimum Gasteiger partial charge on any atom is -0.508 e. The molecular formula is C15H11NO4. The molecular weight excluding hydrogens is 258 g/mol. The number of rotatable bonds is 2. The van der Waals surface area contributed by atoms with Gasteiger partial charge in [0.25, 0.3) is 11.8 Å². The number of fused-ring (bicyclic) bond motifs is 1. The molecule has 0 fully saturated rings. The summed E-state index contributed by atoms with van der Waals surface area (Å²) in [5.74, 6) is -1.69. The third kappa shape index (κ3) is 1.80. The molecule has 2 aromatic carbocycles. The number of carbonyl (C=O) groups excluding carboxylic acids is 2. The molecule has 1 aliphatic rings. The van der Waals surface area contributed by atoms with E-state index in [0.717, 1.165) is 16.5 Å². The van der Waals surface area contributed by atoms with E-state index in [1.165, 1.54) is 6.07 Å². The Balaban J connectivity index is 2.00. The van der Waals surface area contributed by atoms with Crippen molar-refractivity contribution in [3.05, 3.63) is 59.2 Å². The fourth-order valence-corrected chi connectivity index (χ4v) is 2.29. The van der Waals surface area contributed by atoms with Gasteiger partial charge in [-0.3, -0.25) is 14.5 Å². The van der Waals surface area contributed by atoms with Gasteiger partial charge in [-0.05, 0) is 11.6 Å². The number of hydrogen-bond acceptors (Lipinski definition) is 4. The molecule has 1 heterocycles. The lowest BCUT2D eigenvalue weighted by Crippen LogP contribution is -2.29. The second-order valence-corrected chi connectivity index (χ2v) is 4.57. The maximum atomic E-state index is 12.2. The predicted molar refractivity (Wildman–Crippen MR) is 70.4 cm³/mol. The van der Waals surface area contributed by atoms with Crippen LogP contribution in [-0.2, 0) is 6.54 Å². The van der Waals surface area contributed by atoms with E-state index < -0.39 is 11.8 Å². The highest BCUT2D eigenvalue weighted by molar-refractivity contribution is 6.22. The first kappa shape index (κ1) is 12.2. The summed E-state index contributed by atoms with van der Waals surface area (Å²) in [6, 6.07) is 11.3. The van der Waals surface area contributed by atoms with Crippen molar-refractivity contribution in [3.63, 3.8) is 0 Å². The Morgan fingerprint density at radius 3 is 2.35 bits per heavy atom. The van der Waals surface area contributed by atoms with Crippen molar-refractivity contribution in [1.29, 1.82) is 0 Å². The smallest absolute Gasteiger partial charge is 0.265 e. The van der Waals surface area contributed by atoms with Crippen molar-refractivity contribution in [1.82, 2.24) is 4.90 Å². The first-order valence-corrected chi connectivity index (χ1v) is 6.04. The van der Waals surface area contributed by atoms with E-state index in [4.69, 9.17) is 0 Å². The van der Waals surface area contributed by atoms with Gasteiger partial charge in [0.15, 0.2) is 0 Å². The highest BCUT2D eigenvalue weighted by Gasteiger charge is 2.38. The highest BCUT2D eigenvalue weighted by atomic mass is 16.3. The number of amides is 2. The Hall–Kier alpha value is -2.82. The Bertz CT molecular complexity index is 709. The monoisotopic (exact) mass is 269 g/mol. The molecule has 3 rings (SSSR count). The van der Waals surface area contributed by atoms with Crippen LogP contribution in [0.15, 0.2) is 42.5 Å². The van der Waals surface area contributed by atoms with Crippen LogP contribution in [0.1, 0.15) is 26.3 Å². The standard InChI is InChI=1S/C15H11NO4/c17-10-6-11-13(12(18)7-10)15(20)16(14(11)19)8-9-4-2-1-3-5-9/h1-7,17-18H,8H2. The van der Waals surface area contributed by atoms with Gasteiger partial charge in [0.1, 0.15) is 11.5 Å². The van der Waals surface area contributed by atoms with E-state index in [2.05, 4.69) is 0 Å². The molecule has 20 heavy (non-hydrogen) atoms. The normalized spacial score (nSPS) is 13.7. The summed E-state index contributed by atoms with van der Waals surface area (Å²) in [5.41, 5.74) is 0.790. The fourth-order valence-electron chi connectivity index (χ4n) is 2.29. The largest absolute Gasteiger partial charge is 0.508 e. The summed E-state index contributed by atoms with van der Waals surface area (Å²) >= 11 is 0. The van der Waals surface area contributed by atoms with E-state index in [1.807, 2.05) is 18.2 Å². The van der Waals surface area contributed by atoms with Crippen LogP contribution in [-0.4, -0.2) is 26.9 Å². The van der Waals surface area contributed by atoms with Crippen LogP contribution in [0, 0.1) is 0 Å². The van der Waals surface area contributed by atoms with Crippen molar-refractivity contribution < 1.29 is 19.8 Å². The number of hydrogen-bond donors (Lipinski definition) is 2. The van der Waals surface area contributed by atoms with Crippen molar-refractivity contribution >= 4 is 11.8 Å². The van der Waals surface area contributed by atoms with Gasteiger partial charge in [-0.25, -0.2) is 0 Å². The van der Waals surface area contributed by atoms with Gasteiger partial charge in [0.05, 0.1) is 17.7 Å². The van der Waals surface area contributed by atoms with Gasteiger partial charge in [-0.2, -0.15) is 0 Å². The van der Waals surface area contributed by atoms with Gasteiger partial charge >= 0.3 is 0 Å². The van der Waals surface area contributed by atoms with Crippen LogP contribution in [0.2, 0.25) is 0 Å². The third-order valence-corrected chi connectivity index (χ3v) is 3.22. The molecule has 2 N–H and O–H groups in total. The van der Waals surface area contributed by atoms with Crippen LogP contribution >= 0.6 is 0 Å². The number of imide groups is 1. The molecule has 5 nitrogen and oxygen atoms in total. The fraction of sp³-hybridized carbons (Fsp3) is 0.0667. The van der Waals surface area contributed by atoms with Crippen molar-refractivity contribution in [2.45, 2.75) is 6.54 Å². The summed E-state index contributed by atoms with van der Waals surface area (Å²) in [5, 5.41) is 19.1. The lowest BCUT2D eigenvalue weighted by atomic mass is 10.1. The maximum absolute atomic E-state index is 12.2. The van der Waals surface area contributed by atoms with Crippen molar-refractivity contribution in [3.8, 4) is 11.5 Å². The van der Waals surface area contributed by atoms with Crippen molar-refractivity contribution in [2.24, 2.45) is 0 Å². The summed E-state index contributed by atoms with van der Waals surface area (Å²) in [6.07, 6.45) is 0. The lowest BCUT2D eigenvalue weighted by Gasteiger charge is -2.13. The predicted octanol–water partition coefficient (Wildman–Crippen LogP) is 1.89. The zero-order chi connectivity index (χ0) is 14.3. The molecule has 0 unspecified atom stereocenters. The number of aromatic hydroxyl groups is 2. The van der Waals surface area contributed by atoms with Crippen LogP contribution < -0.4 is 0 Å². The van der Waals surface area contributed by atoms with Crippen LogP contribution in [0.5, 0.6) is 11.5 Å². The van der Waals surface area contributed by atoms with Crippen molar-refractivity contribution in [2.75, 3.05) is 0 Å². The topological polar surface area (TPSA) is 77.8 Å². The average Bonchev–Trinajstić information content (AvgIpc) is 2.65. The maximum Gasteiger partial charge on any atom is 0.265 e. The zero-order valence-corrected chi connectivity index (χ0v) is 10.4. The average molecular weight is 269 g/mol. The first-order valence-electron chi connectivity index (χ1n) is 6.04. The van der Waals surface area contributed by atoms with Crippen LogP contribution in [0.25, 0.3) is 0 Å². The van der Waals surface area contributed by atoms with E-state index in [1.54, 1.807) is 12.1 Å². The van der Waals surface area contributed by atoms with E-state index in [9.17, 15) is 19.8 Å². The minimum absolute atomic E-state index is 0.0310. The van der Waals surface area contributed by atoms with Gasteiger partial charge in [-0.1, -0.05) is 30.3 Å². The number of benzene rings is 2. The second kappa shape index (κ2) is 4.38. The Morgan fingerprint density at radius 1 is 0.950 bits per heavy atom. The number of nitrogens with zero attached hydrogens (tertiary/aromatic N) is 1. The summed E-state index contributed by atoms with van der Waals surface area (Å²) < 4.78 is 0. The first-order chi connectivity index (χ1) is 9.58. The molecule has 0 radical (unpaired) electrons. The molecule has 0 aromatic heterocycles. The number of phenolic OH excluding ortho intramolecular Hbond substituents is 2. The molecule has 5 heteroatoms. The Labute approximate surface area is 114 Å². The highest BCUT2D eigenvalue weighted by Crippen LogP contribution is 2.34. The number of phenols is 2. The SMILES string of the molecule is O=C1c2cc(O)cc(O)c2C(=O)N1Cc1ccccc1. The van der Waals surface area contributed by atoms with Gasteiger partial charge in [0, 0.05) is 6.07 Å². The van der Waals surface area contributed by atoms with Gasteiger partial charge in [0.2, 0.25) is 0 Å². The molecule has 0 atom stereocenters. The summed E-state index contributed by atoms with van der Waals surface area (Å²) in [6.45, 7) is 0.132. The second-order valence-electron chi connectivity index (χ2n) is 4.57. The van der Waals surface area contributed by atoms with Gasteiger partial charge in [-0.15, -0.1) is 0 Å². The molecule has 0 aliphatic carbocycles. The van der Waals surface area contributed by atoms with Crippen LogP contribution in [0.4, 0.5) is 0 Å². The molecule has 0 bridgehead atoms. The number of carbonyl (C=O) groups is 2. The molecule has 1 aliphatic heterocycles. The van der Waals surface area contributed by atoms with Crippen LogP contribution in [0.3, 0.4) is 0 Å². The molecule has 100 valence electrons. The Morgan fingerprint density at radius 2 is 1.65 bits per heavy atom. The Kier molecular flexibility index (Phi) is 2.68. The summed E-state index contributed by atoms with van der Waals surface area (Å²) in [4.78, 5) is 25.5.